The van der Waals surface area contributed by atoms with Crippen LogP contribution in [0.1, 0.15) is 66.5 Å². The van der Waals surface area contributed by atoms with Crippen molar-refractivity contribution >= 4 is 5.97 Å². The number of ether oxygens (including phenoxy) is 1. The van der Waals surface area contributed by atoms with Crippen LogP contribution in [0.25, 0.3) is 0 Å². The standard InChI is InChI=1S/C15H22O2.2C2H6/c1-11(2)9-13-5-7-14(8-6-13)10-17-15(16)12(3)4;2*1-2/h5-8,11-12H,9-10H2,1-4H3;2*1-2H3. The molecule has 0 bridgehead atoms. The monoisotopic (exact) mass is 294 g/mol. The highest BCUT2D eigenvalue weighted by molar-refractivity contribution is 5.71. The SMILES string of the molecule is CC.CC.CC(C)Cc1ccc(COC(=O)C(C)C)cc1. The van der Waals surface area contributed by atoms with Gasteiger partial charge in [0.1, 0.15) is 6.61 Å². The van der Waals surface area contributed by atoms with Crippen LogP contribution in [0.5, 0.6) is 0 Å². The zero-order chi connectivity index (χ0) is 16.8. The Hall–Kier alpha value is -1.31. The molecule has 0 saturated heterocycles. The second-order valence-electron chi connectivity index (χ2n) is 5.18. The van der Waals surface area contributed by atoms with Gasteiger partial charge in [-0.15, -0.1) is 0 Å². The zero-order valence-electron chi connectivity index (χ0n) is 15.2. The summed E-state index contributed by atoms with van der Waals surface area (Å²) in [7, 11) is 0. The summed E-state index contributed by atoms with van der Waals surface area (Å²) >= 11 is 0. The van der Waals surface area contributed by atoms with Gasteiger partial charge in [-0.1, -0.05) is 79.7 Å². The van der Waals surface area contributed by atoms with Gasteiger partial charge in [0, 0.05) is 0 Å². The smallest absolute Gasteiger partial charge is 0.308 e. The van der Waals surface area contributed by atoms with Gasteiger partial charge in [0.05, 0.1) is 5.92 Å². The predicted octanol–water partition coefficient (Wildman–Crippen LogP) is 5.64. The molecule has 0 spiro atoms. The Morgan fingerprint density at radius 3 is 1.71 bits per heavy atom. The first-order valence-corrected chi connectivity index (χ1v) is 8.23. The Balaban J connectivity index is 0. The van der Waals surface area contributed by atoms with Crippen molar-refractivity contribution in [2.75, 3.05) is 0 Å². The zero-order valence-corrected chi connectivity index (χ0v) is 15.2. The second-order valence-corrected chi connectivity index (χ2v) is 5.18. The van der Waals surface area contributed by atoms with Crippen LogP contribution in [-0.4, -0.2) is 5.97 Å². The van der Waals surface area contributed by atoms with Crippen molar-refractivity contribution in [2.45, 2.75) is 68.4 Å². The van der Waals surface area contributed by atoms with E-state index in [-0.39, 0.29) is 11.9 Å². The normalized spacial score (nSPS) is 9.43. The van der Waals surface area contributed by atoms with Crippen LogP contribution in [0, 0.1) is 11.8 Å². The van der Waals surface area contributed by atoms with E-state index < -0.39 is 0 Å². The Morgan fingerprint density at radius 1 is 0.905 bits per heavy atom. The largest absolute Gasteiger partial charge is 0.461 e. The fourth-order valence-corrected chi connectivity index (χ4v) is 1.56. The number of hydrogen-bond acceptors (Lipinski definition) is 2. The lowest BCUT2D eigenvalue weighted by Crippen LogP contribution is -2.11. The quantitative estimate of drug-likeness (QED) is 0.657. The molecular weight excluding hydrogens is 260 g/mol. The molecule has 0 amide bonds. The average Bonchev–Trinajstić information content (AvgIpc) is 2.49. The molecule has 1 aromatic rings. The summed E-state index contributed by atoms with van der Waals surface area (Å²) < 4.78 is 5.17. The van der Waals surface area contributed by atoms with E-state index in [4.69, 9.17) is 4.74 Å². The maximum absolute atomic E-state index is 11.3. The molecule has 0 aliphatic carbocycles. The molecule has 0 atom stereocenters. The molecule has 2 heteroatoms. The first kappa shape index (κ1) is 22.0. The van der Waals surface area contributed by atoms with Crippen molar-refractivity contribution < 1.29 is 9.53 Å². The van der Waals surface area contributed by atoms with Crippen LogP contribution in [0.4, 0.5) is 0 Å². The van der Waals surface area contributed by atoms with Crippen LogP contribution in [-0.2, 0) is 22.6 Å². The molecule has 0 heterocycles. The molecule has 0 aromatic heterocycles. The second kappa shape index (κ2) is 13.7. The van der Waals surface area contributed by atoms with Gasteiger partial charge in [-0.2, -0.15) is 0 Å². The van der Waals surface area contributed by atoms with Crippen molar-refractivity contribution in [3.63, 3.8) is 0 Å². The fraction of sp³-hybridized carbons (Fsp3) is 0.632. The van der Waals surface area contributed by atoms with E-state index in [1.807, 2.05) is 53.7 Å². The molecule has 0 unspecified atom stereocenters. The van der Waals surface area contributed by atoms with Gasteiger partial charge in [0.15, 0.2) is 0 Å². The van der Waals surface area contributed by atoms with Crippen LogP contribution in [0.3, 0.4) is 0 Å². The lowest BCUT2D eigenvalue weighted by molar-refractivity contribution is -0.148. The minimum atomic E-state index is -0.142. The van der Waals surface area contributed by atoms with Gasteiger partial charge in [-0.25, -0.2) is 0 Å². The molecule has 0 N–H and O–H groups in total. The fourth-order valence-electron chi connectivity index (χ4n) is 1.56. The molecule has 122 valence electrons. The van der Waals surface area contributed by atoms with E-state index in [1.165, 1.54) is 5.56 Å². The summed E-state index contributed by atoms with van der Waals surface area (Å²) in [6.07, 6.45) is 1.09. The highest BCUT2D eigenvalue weighted by Crippen LogP contribution is 2.11. The summed E-state index contributed by atoms with van der Waals surface area (Å²) in [6.45, 7) is 16.5. The molecule has 0 aliphatic rings. The summed E-state index contributed by atoms with van der Waals surface area (Å²) in [5.41, 5.74) is 2.38. The Labute approximate surface area is 131 Å². The maximum Gasteiger partial charge on any atom is 0.308 e. The Kier molecular flexibility index (Phi) is 14.3. The highest BCUT2D eigenvalue weighted by atomic mass is 16.5. The summed E-state index contributed by atoms with van der Waals surface area (Å²) in [5, 5.41) is 0. The van der Waals surface area contributed by atoms with E-state index in [1.54, 1.807) is 0 Å². The van der Waals surface area contributed by atoms with Gasteiger partial charge >= 0.3 is 5.97 Å². The number of benzene rings is 1. The molecule has 0 fully saturated rings. The van der Waals surface area contributed by atoms with Crippen molar-refractivity contribution in [1.29, 1.82) is 0 Å². The Morgan fingerprint density at radius 2 is 1.33 bits per heavy atom. The third kappa shape index (κ3) is 11.1. The van der Waals surface area contributed by atoms with Crippen LogP contribution in [0.2, 0.25) is 0 Å². The van der Waals surface area contributed by atoms with Crippen molar-refractivity contribution in [3.8, 4) is 0 Å². The average molecular weight is 294 g/mol. The van der Waals surface area contributed by atoms with E-state index >= 15 is 0 Å². The van der Waals surface area contributed by atoms with Crippen LogP contribution >= 0.6 is 0 Å². The van der Waals surface area contributed by atoms with Gasteiger partial charge < -0.3 is 4.74 Å². The lowest BCUT2D eigenvalue weighted by Gasteiger charge is -2.08. The van der Waals surface area contributed by atoms with Gasteiger partial charge in [0.2, 0.25) is 0 Å². The van der Waals surface area contributed by atoms with Crippen LogP contribution in [0.15, 0.2) is 24.3 Å². The predicted molar refractivity (Wildman–Crippen MR) is 92.3 cm³/mol. The number of carbonyl (C=O) groups is 1. The van der Waals surface area contributed by atoms with E-state index in [2.05, 4.69) is 26.0 Å². The van der Waals surface area contributed by atoms with Gasteiger partial charge in [0.25, 0.3) is 0 Å². The first-order chi connectivity index (χ1) is 9.99. The molecule has 21 heavy (non-hydrogen) atoms. The van der Waals surface area contributed by atoms with Gasteiger partial charge in [-0.05, 0) is 23.5 Å². The van der Waals surface area contributed by atoms with Gasteiger partial charge in [-0.3, -0.25) is 4.79 Å². The number of hydrogen-bond donors (Lipinski definition) is 0. The molecule has 1 rings (SSSR count). The summed E-state index contributed by atoms with van der Waals surface area (Å²) in [5.74, 6) is 0.464. The molecule has 0 radical (unpaired) electrons. The van der Waals surface area contributed by atoms with Crippen molar-refractivity contribution in [1.82, 2.24) is 0 Å². The maximum atomic E-state index is 11.3. The minimum absolute atomic E-state index is 0.0600. The molecule has 0 saturated carbocycles. The first-order valence-electron chi connectivity index (χ1n) is 8.23. The molecule has 2 nitrogen and oxygen atoms in total. The third-order valence-corrected chi connectivity index (χ3v) is 2.52. The highest BCUT2D eigenvalue weighted by Gasteiger charge is 2.08. The van der Waals surface area contributed by atoms with E-state index in [0.29, 0.717) is 12.5 Å². The van der Waals surface area contributed by atoms with Crippen molar-refractivity contribution in [2.24, 2.45) is 11.8 Å². The summed E-state index contributed by atoms with van der Waals surface area (Å²) in [6, 6.07) is 8.29. The molecule has 0 aliphatic heterocycles. The van der Waals surface area contributed by atoms with Crippen LogP contribution < -0.4 is 0 Å². The van der Waals surface area contributed by atoms with E-state index in [0.717, 1.165) is 12.0 Å². The molecular formula is C19H34O2. The number of rotatable bonds is 5. The lowest BCUT2D eigenvalue weighted by atomic mass is 10.0. The minimum Gasteiger partial charge on any atom is -0.461 e. The topological polar surface area (TPSA) is 26.3 Å². The third-order valence-electron chi connectivity index (χ3n) is 2.52. The number of esters is 1. The molecule has 1 aromatic carbocycles. The Bertz CT molecular complexity index is 350. The van der Waals surface area contributed by atoms with E-state index in [9.17, 15) is 4.79 Å². The summed E-state index contributed by atoms with van der Waals surface area (Å²) in [4.78, 5) is 11.3. The number of carbonyl (C=O) groups excluding carboxylic acids is 1. The van der Waals surface area contributed by atoms with Crippen molar-refractivity contribution in [3.05, 3.63) is 35.4 Å².